The van der Waals surface area contributed by atoms with Gasteiger partial charge < -0.3 is 9.88 Å². The van der Waals surface area contributed by atoms with Crippen molar-refractivity contribution in [2.75, 3.05) is 6.54 Å². The van der Waals surface area contributed by atoms with Crippen LogP contribution in [0.2, 0.25) is 0 Å². The zero-order valence-electron chi connectivity index (χ0n) is 9.37. The fraction of sp³-hybridized carbons (Fsp3) is 0.500. The van der Waals surface area contributed by atoms with Gasteiger partial charge in [-0.05, 0) is 6.92 Å². The van der Waals surface area contributed by atoms with Crippen molar-refractivity contribution in [3.63, 3.8) is 0 Å². The van der Waals surface area contributed by atoms with Crippen LogP contribution in [0.3, 0.4) is 0 Å². The summed E-state index contributed by atoms with van der Waals surface area (Å²) in [7, 11) is 0. The molecule has 2 aromatic rings. The lowest BCUT2D eigenvalue weighted by Gasteiger charge is -2.06. The van der Waals surface area contributed by atoms with Crippen molar-refractivity contribution in [2.24, 2.45) is 0 Å². The van der Waals surface area contributed by atoms with Gasteiger partial charge in [-0.15, -0.1) is 5.10 Å². The molecule has 16 heavy (non-hydrogen) atoms. The molecule has 0 saturated heterocycles. The first-order valence-electron chi connectivity index (χ1n) is 5.45. The maximum absolute atomic E-state index is 4.29. The smallest absolute Gasteiger partial charge is 0.122 e. The minimum atomic E-state index is 0.787. The lowest BCUT2D eigenvalue weighted by Crippen LogP contribution is -2.21. The third-order valence-electron chi connectivity index (χ3n) is 2.42. The molecule has 0 spiro atoms. The van der Waals surface area contributed by atoms with E-state index < -0.39 is 0 Å². The van der Waals surface area contributed by atoms with Crippen molar-refractivity contribution in [3.05, 3.63) is 30.6 Å². The largest absolute Gasteiger partial charge is 0.334 e. The average Bonchev–Trinajstić information content (AvgIpc) is 2.95. The molecule has 2 aromatic heterocycles. The van der Waals surface area contributed by atoms with Crippen molar-refractivity contribution < 1.29 is 0 Å². The summed E-state index contributed by atoms with van der Waals surface area (Å²) in [6, 6.07) is 0. The molecule has 0 aliphatic heterocycles. The summed E-state index contributed by atoms with van der Waals surface area (Å²) in [5.74, 6) is 1.07. The first-order valence-corrected chi connectivity index (χ1v) is 5.45. The summed E-state index contributed by atoms with van der Waals surface area (Å²) in [5, 5.41) is 11.0. The Morgan fingerprint density at radius 1 is 1.31 bits per heavy atom. The van der Waals surface area contributed by atoms with Crippen molar-refractivity contribution in [3.8, 4) is 0 Å². The van der Waals surface area contributed by atoms with Crippen LogP contribution in [0.25, 0.3) is 0 Å². The predicted octanol–water partition coefficient (Wildman–Crippen LogP) is 0.284. The van der Waals surface area contributed by atoms with E-state index in [1.165, 1.54) is 0 Å². The summed E-state index contributed by atoms with van der Waals surface area (Å²) in [6.07, 6.45) is 7.37. The second kappa shape index (κ2) is 5.41. The molecule has 1 N–H and O–H groups in total. The highest BCUT2D eigenvalue weighted by molar-refractivity contribution is 4.91. The summed E-state index contributed by atoms with van der Waals surface area (Å²) in [4.78, 5) is 4.29. The summed E-state index contributed by atoms with van der Waals surface area (Å²) in [5.41, 5.74) is 0. The third-order valence-corrected chi connectivity index (χ3v) is 2.42. The van der Waals surface area contributed by atoms with Crippen LogP contribution in [-0.2, 0) is 19.6 Å². The van der Waals surface area contributed by atoms with Crippen LogP contribution >= 0.6 is 0 Å². The molecule has 0 atom stereocenters. The number of nitrogens with one attached hydrogen (secondary N) is 1. The van der Waals surface area contributed by atoms with Gasteiger partial charge in [0, 0.05) is 31.7 Å². The van der Waals surface area contributed by atoms with Gasteiger partial charge in [-0.1, -0.05) is 5.21 Å². The van der Waals surface area contributed by atoms with Gasteiger partial charge in [0.05, 0.1) is 19.3 Å². The van der Waals surface area contributed by atoms with Crippen LogP contribution < -0.4 is 5.32 Å². The molecule has 6 heteroatoms. The number of hydrogen-bond donors (Lipinski definition) is 1. The maximum Gasteiger partial charge on any atom is 0.122 e. The predicted molar refractivity (Wildman–Crippen MR) is 59.6 cm³/mol. The fourth-order valence-corrected chi connectivity index (χ4v) is 1.54. The Morgan fingerprint density at radius 3 is 3.00 bits per heavy atom. The lowest BCUT2D eigenvalue weighted by molar-refractivity contribution is 0.526. The molecule has 2 rings (SSSR count). The number of aromatic nitrogens is 5. The van der Waals surface area contributed by atoms with E-state index in [4.69, 9.17) is 0 Å². The topological polar surface area (TPSA) is 60.6 Å². The van der Waals surface area contributed by atoms with E-state index in [1.807, 2.05) is 18.6 Å². The number of aryl methyl sites for hydroxylation is 1. The Bertz CT molecular complexity index is 405. The molecule has 0 radical (unpaired) electrons. The van der Waals surface area contributed by atoms with E-state index in [0.29, 0.717) is 0 Å². The number of rotatable bonds is 6. The van der Waals surface area contributed by atoms with Gasteiger partial charge >= 0.3 is 0 Å². The number of imidazole rings is 1. The first-order chi connectivity index (χ1) is 7.90. The zero-order valence-corrected chi connectivity index (χ0v) is 9.37. The molecule has 86 valence electrons. The quantitative estimate of drug-likeness (QED) is 0.711. The molecular formula is C10H16N6. The highest BCUT2D eigenvalue weighted by Gasteiger charge is 1.99. The second-order valence-electron chi connectivity index (χ2n) is 3.47. The van der Waals surface area contributed by atoms with E-state index in [2.05, 4.69) is 32.1 Å². The Morgan fingerprint density at radius 2 is 2.25 bits per heavy atom. The zero-order chi connectivity index (χ0) is 11.2. The van der Waals surface area contributed by atoms with Crippen LogP contribution in [0.1, 0.15) is 12.7 Å². The van der Waals surface area contributed by atoms with Gasteiger partial charge in [0.2, 0.25) is 0 Å². The maximum atomic E-state index is 4.29. The van der Waals surface area contributed by atoms with E-state index in [1.54, 1.807) is 10.9 Å². The Balaban J connectivity index is 1.72. The SMILES string of the molecule is CCn1ccnc1CNCCn1ccnn1. The molecule has 2 heterocycles. The summed E-state index contributed by atoms with van der Waals surface area (Å²) in [6.45, 7) is 5.54. The monoisotopic (exact) mass is 220 g/mol. The Kier molecular flexibility index (Phi) is 3.66. The van der Waals surface area contributed by atoms with Crippen LogP contribution in [0.15, 0.2) is 24.8 Å². The van der Waals surface area contributed by atoms with Crippen molar-refractivity contribution in [2.45, 2.75) is 26.6 Å². The molecule has 0 amide bonds. The average molecular weight is 220 g/mol. The minimum Gasteiger partial charge on any atom is -0.334 e. The van der Waals surface area contributed by atoms with E-state index in [9.17, 15) is 0 Å². The van der Waals surface area contributed by atoms with Gasteiger partial charge in [-0.25, -0.2) is 4.98 Å². The fourth-order valence-electron chi connectivity index (χ4n) is 1.54. The second-order valence-corrected chi connectivity index (χ2v) is 3.47. The van der Waals surface area contributed by atoms with Gasteiger partial charge in [0.1, 0.15) is 5.82 Å². The van der Waals surface area contributed by atoms with E-state index in [-0.39, 0.29) is 0 Å². The van der Waals surface area contributed by atoms with Crippen molar-refractivity contribution in [1.82, 2.24) is 29.9 Å². The highest BCUT2D eigenvalue weighted by Crippen LogP contribution is 1.96. The third kappa shape index (κ3) is 2.66. The van der Waals surface area contributed by atoms with Crippen molar-refractivity contribution >= 4 is 0 Å². The van der Waals surface area contributed by atoms with Gasteiger partial charge in [0.25, 0.3) is 0 Å². The molecule has 0 aromatic carbocycles. The van der Waals surface area contributed by atoms with Crippen molar-refractivity contribution in [1.29, 1.82) is 0 Å². The molecular weight excluding hydrogens is 204 g/mol. The summed E-state index contributed by atoms with van der Waals surface area (Å²) < 4.78 is 3.93. The van der Waals surface area contributed by atoms with Gasteiger partial charge in [-0.3, -0.25) is 4.68 Å². The van der Waals surface area contributed by atoms with Crippen LogP contribution in [0, 0.1) is 0 Å². The molecule has 0 unspecified atom stereocenters. The van der Waals surface area contributed by atoms with Crippen LogP contribution in [0.4, 0.5) is 0 Å². The Labute approximate surface area is 94.3 Å². The lowest BCUT2D eigenvalue weighted by atomic mass is 10.5. The standard InChI is InChI=1S/C10H16N6/c1-2-15-6-4-12-10(15)9-11-3-7-16-8-5-13-14-16/h4-6,8,11H,2-3,7,9H2,1H3. The molecule has 0 aliphatic carbocycles. The number of nitrogens with zero attached hydrogens (tertiary/aromatic N) is 5. The van der Waals surface area contributed by atoms with Gasteiger partial charge in [-0.2, -0.15) is 0 Å². The van der Waals surface area contributed by atoms with E-state index in [0.717, 1.165) is 32.0 Å². The summed E-state index contributed by atoms with van der Waals surface area (Å²) >= 11 is 0. The van der Waals surface area contributed by atoms with E-state index >= 15 is 0 Å². The van der Waals surface area contributed by atoms with Gasteiger partial charge in [0.15, 0.2) is 0 Å². The molecule has 0 saturated carbocycles. The molecule has 6 nitrogen and oxygen atoms in total. The van der Waals surface area contributed by atoms with Crippen LogP contribution in [-0.4, -0.2) is 31.1 Å². The molecule has 0 bridgehead atoms. The molecule has 0 aliphatic rings. The number of hydrogen-bond acceptors (Lipinski definition) is 4. The normalized spacial score (nSPS) is 10.8. The highest BCUT2D eigenvalue weighted by atomic mass is 15.4. The van der Waals surface area contributed by atoms with Crippen LogP contribution in [0.5, 0.6) is 0 Å². The minimum absolute atomic E-state index is 0.787. The Hall–Kier alpha value is -1.69. The molecule has 0 fully saturated rings. The first kappa shape index (κ1) is 10.8.